The Kier molecular flexibility index (Phi) is 5.25. The van der Waals surface area contributed by atoms with Crippen molar-refractivity contribution in [2.45, 2.75) is 25.8 Å². The minimum Gasteiger partial charge on any atom is -0.325 e. The number of carbonyl (C=O) groups is 2. The number of nitrogens with zero attached hydrogens (tertiary/aromatic N) is 3. The summed E-state index contributed by atoms with van der Waals surface area (Å²) in [6.07, 6.45) is 1.58. The van der Waals surface area contributed by atoms with E-state index < -0.39 is 0 Å². The van der Waals surface area contributed by atoms with Gasteiger partial charge in [0.25, 0.3) is 5.91 Å². The molecule has 1 atom stereocenters. The summed E-state index contributed by atoms with van der Waals surface area (Å²) in [5.74, 6) is 0.583. The topological polar surface area (TPSA) is 74.1 Å². The first-order valence-corrected chi connectivity index (χ1v) is 10.2. The van der Waals surface area contributed by atoms with Crippen LogP contribution in [0.4, 0.5) is 11.4 Å². The third-order valence-electron chi connectivity index (χ3n) is 4.50. The number of hydrogen-bond donors (Lipinski definition) is 1. The molecular weight excluding hydrogens is 372 g/mol. The summed E-state index contributed by atoms with van der Waals surface area (Å²) in [4.78, 5) is 36.1. The summed E-state index contributed by atoms with van der Waals surface area (Å²) in [7, 11) is 0. The maximum absolute atomic E-state index is 12.9. The number of rotatable bonds is 5. The number of fused-ring (bicyclic) bond motifs is 3. The minimum absolute atomic E-state index is 0.0685. The van der Waals surface area contributed by atoms with Gasteiger partial charge >= 0.3 is 0 Å². The van der Waals surface area contributed by atoms with Crippen LogP contribution in [0.5, 0.6) is 0 Å². The fourth-order valence-electron chi connectivity index (χ4n) is 3.21. The molecule has 0 radical (unpaired) electrons. The van der Waals surface area contributed by atoms with E-state index in [0.29, 0.717) is 17.4 Å². The Bertz CT molecular complexity index is 971. The molecule has 2 aliphatic rings. The second-order valence-electron chi connectivity index (χ2n) is 6.55. The Morgan fingerprint density at radius 3 is 2.68 bits per heavy atom. The first kappa shape index (κ1) is 18.4. The van der Waals surface area contributed by atoms with E-state index in [-0.39, 0.29) is 23.6 Å². The number of amides is 2. The first-order valence-electron chi connectivity index (χ1n) is 9.25. The Morgan fingerprint density at radius 2 is 1.89 bits per heavy atom. The van der Waals surface area contributed by atoms with Crippen LogP contribution in [0.25, 0.3) is 0 Å². The molecule has 0 saturated heterocycles. The van der Waals surface area contributed by atoms with E-state index in [4.69, 9.17) is 0 Å². The van der Waals surface area contributed by atoms with E-state index >= 15 is 0 Å². The lowest BCUT2D eigenvalue weighted by Gasteiger charge is -2.25. The Labute approximate surface area is 167 Å². The lowest BCUT2D eigenvalue weighted by molar-refractivity contribution is -0.124. The van der Waals surface area contributed by atoms with Crippen molar-refractivity contribution in [1.29, 1.82) is 0 Å². The van der Waals surface area contributed by atoms with Crippen LogP contribution < -0.4 is 5.32 Å². The van der Waals surface area contributed by atoms with Gasteiger partial charge < -0.3 is 5.32 Å². The molecule has 0 aliphatic carbocycles. The van der Waals surface area contributed by atoms with Crippen LogP contribution in [0.1, 0.15) is 25.3 Å². The van der Waals surface area contributed by atoms with Crippen molar-refractivity contribution in [3.8, 4) is 0 Å². The number of amidine groups is 2. The van der Waals surface area contributed by atoms with Crippen LogP contribution in [-0.2, 0) is 9.59 Å². The largest absolute Gasteiger partial charge is 0.325 e. The van der Waals surface area contributed by atoms with Crippen LogP contribution in [0, 0.1) is 0 Å². The molecule has 0 fully saturated rings. The zero-order valence-corrected chi connectivity index (χ0v) is 16.3. The lowest BCUT2D eigenvalue weighted by atomic mass is 10.1. The predicted octanol–water partition coefficient (Wildman–Crippen LogP) is 3.82. The molecule has 7 heteroatoms. The van der Waals surface area contributed by atoms with Crippen molar-refractivity contribution in [1.82, 2.24) is 4.90 Å². The summed E-state index contributed by atoms with van der Waals surface area (Å²) in [5, 5.41) is 3.36. The number of thioether (sulfide) groups is 1. The van der Waals surface area contributed by atoms with Crippen LogP contribution in [0.15, 0.2) is 64.6 Å². The normalized spacial score (nSPS) is 17.5. The maximum atomic E-state index is 12.9. The average Bonchev–Trinajstić information content (AvgIpc) is 3.04. The molecule has 2 aromatic rings. The highest BCUT2D eigenvalue weighted by molar-refractivity contribution is 8.14. The van der Waals surface area contributed by atoms with Gasteiger partial charge in [-0.25, -0.2) is 9.89 Å². The number of benzene rings is 2. The monoisotopic (exact) mass is 392 g/mol. The van der Waals surface area contributed by atoms with Crippen LogP contribution >= 0.6 is 11.8 Å². The maximum Gasteiger partial charge on any atom is 0.259 e. The van der Waals surface area contributed by atoms with Gasteiger partial charge in [0.1, 0.15) is 11.9 Å². The number of para-hydroxylation sites is 2. The summed E-state index contributed by atoms with van der Waals surface area (Å²) >= 11 is 1.25. The summed E-state index contributed by atoms with van der Waals surface area (Å²) in [6.45, 7) is 2.04. The second kappa shape index (κ2) is 7.98. The fourth-order valence-corrected chi connectivity index (χ4v) is 4.01. The highest BCUT2D eigenvalue weighted by atomic mass is 32.2. The zero-order valence-electron chi connectivity index (χ0n) is 15.5. The van der Waals surface area contributed by atoms with Crippen molar-refractivity contribution < 1.29 is 9.59 Å². The molecule has 0 spiro atoms. The van der Waals surface area contributed by atoms with Gasteiger partial charge in [0, 0.05) is 11.3 Å². The number of carbonyl (C=O) groups excluding carboxylic acids is 2. The summed E-state index contributed by atoms with van der Waals surface area (Å²) < 4.78 is 0. The molecule has 6 nitrogen and oxygen atoms in total. The van der Waals surface area contributed by atoms with Gasteiger partial charge in [-0.15, -0.1) is 0 Å². The molecule has 2 heterocycles. The van der Waals surface area contributed by atoms with Crippen LogP contribution in [-0.4, -0.2) is 39.5 Å². The van der Waals surface area contributed by atoms with E-state index in [0.717, 1.165) is 23.4 Å². The minimum atomic E-state index is -0.380. The van der Waals surface area contributed by atoms with E-state index in [1.807, 2.05) is 61.5 Å². The SMILES string of the molecule is CCC[C@@H]1N=C2c3ccccc3N=C(SCC(=O)Nc3ccccc3)N2C1=O. The molecule has 142 valence electrons. The van der Waals surface area contributed by atoms with E-state index in [2.05, 4.69) is 15.3 Å². The zero-order chi connectivity index (χ0) is 19.5. The number of nitrogens with one attached hydrogen (secondary N) is 1. The predicted molar refractivity (Wildman–Crippen MR) is 113 cm³/mol. The molecule has 4 rings (SSSR count). The Morgan fingerprint density at radius 1 is 1.14 bits per heavy atom. The fraction of sp³-hybridized carbons (Fsp3) is 0.238. The lowest BCUT2D eigenvalue weighted by Crippen LogP contribution is -2.41. The molecule has 1 N–H and O–H groups in total. The Balaban J connectivity index is 1.55. The third kappa shape index (κ3) is 3.57. The van der Waals surface area contributed by atoms with Crippen LogP contribution in [0.2, 0.25) is 0 Å². The van der Waals surface area contributed by atoms with Crippen molar-refractivity contribution in [3.63, 3.8) is 0 Å². The number of anilines is 1. The van der Waals surface area contributed by atoms with Gasteiger partial charge in [0.05, 0.1) is 11.4 Å². The molecule has 2 amide bonds. The van der Waals surface area contributed by atoms with Gasteiger partial charge in [-0.3, -0.25) is 14.6 Å². The number of aliphatic imine (C=N–C) groups is 2. The molecule has 0 aromatic heterocycles. The highest BCUT2D eigenvalue weighted by Gasteiger charge is 2.40. The van der Waals surface area contributed by atoms with Gasteiger partial charge in [-0.1, -0.05) is 55.4 Å². The average molecular weight is 392 g/mol. The highest BCUT2D eigenvalue weighted by Crippen LogP contribution is 2.34. The molecule has 28 heavy (non-hydrogen) atoms. The standard InChI is InChI=1S/C21H20N4O2S/c1-2-8-17-20(27)25-19(23-17)15-11-6-7-12-16(15)24-21(25)28-13-18(26)22-14-9-4-3-5-10-14/h3-7,9-12,17H,2,8,13H2,1H3,(H,22,26)/t17-/m0/s1. The van der Waals surface area contributed by atoms with Crippen molar-refractivity contribution in [2.75, 3.05) is 11.1 Å². The van der Waals surface area contributed by atoms with E-state index in [1.54, 1.807) is 4.90 Å². The molecule has 0 bridgehead atoms. The van der Waals surface area contributed by atoms with E-state index in [9.17, 15) is 9.59 Å². The smallest absolute Gasteiger partial charge is 0.259 e. The molecule has 2 aromatic carbocycles. The molecule has 0 unspecified atom stereocenters. The summed E-state index contributed by atoms with van der Waals surface area (Å²) in [5.41, 5.74) is 2.37. The first-order chi connectivity index (χ1) is 13.7. The van der Waals surface area contributed by atoms with Gasteiger partial charge in [-0.05, 0) is 30.7 Å². The van der Waals surface area contributed by atoms with Gasteiger partial charge in [0.2, 0.25) is 5.91 Å². The third-order valence-corrected chi connectivity index (χ3v) is 5.44. The van der Waals surface area contributed by atoms with Gasteiger partial charge in [-0.2, -0.15) is 0 Å². The van der Waals surface area contributed by atoms with Crippen molar-refractivity contribution >= 4 is 46.0 Å². The van der Waals surface area contributed by atoms with Crippen LogP contribution in [0.3, 0.4) is 0 Å². The molecule has 2 aliphatic heterocycles. The molecular formula is C21H20N4O2S. The van der Waals surface area contributed by atoms with Crippen molar-refractivity contribution in [3.05, 3.63) is 60.2 Å². The van der Waals surface area contributed by atoms with E-state index in [1.165, 1.54) is 11.8 Å². The molecule has 0 saturated carbocycles. The second-order valence-corrected chi connectivity index (χ2v) is 7.49. The number of hydrogen-bond acceptors (Lipinski definition) is 5. The van der Waals surface area contributed by atoms with Crippen molar-refractivity contribution in [2.24, 2.45) is 9.98 Å². The summed E-state index contributed by atoms with van der Waals surface area (Å²) in [6, 6.07) is 16.6. The Hall–Kier alpha value is -2.93. The quantitative estimate of drug-likeness (QED) is 0.841. The van der Waals surface area contributed by atoms with Gasteiger partial charge in [0.15, 0.2) is 5.17 Å².